The average molecular weight is 320 g/mol. The molecule has 0 saturated carbocycles. The van der Waals surface area contributed by atoms with Crippen LogP contribution in [0.4, 0.5) is 0 Å². The summed E-state index contributed by atoms with van der Waals surface area (Å²) in [5, 5.41) is 11.8. The lowest BCUT2D eigenvalue weighted by molar-refractivity contribution is -0.126. The van der Waals surface area contributed by atoms with Gasteiger partial charge in [0.2, 0.25) is 15.9 Å². The molecule has 6 nitrogen and oxygen atoms in total. The Morgan fingerprint density at radius 3 is 2.38 bits per heavy atom. The van der Waals surface area contributed by atoms with Gasteiger partial charge in [-0.15, -0.1) is 0 Å². The molecule has 124 valence electrons. The first-order valence-electron chi connectivity index (χ1n) is 7.49. The SMILES string of the molecule is CC(C)(CCCO)CNC(=O)C1CCN(S(C)(=O)=O)CC1. The van der Waals surface area contributed by atoms with E-state index in [0.29, 0.717) is 32.5 Å². The van der Waals surface area contributed by atoms with Crippen LogP contribution in [0.25, 0.3) is 0 Å². The van der Waals surface area contributed by atoms with Gasteiger partial charge in [0.05, 0.1) is 6.26 Å². The largest absolute Gasteiger partial charge is 0.396 e. The summed E-state index contributed by atoms with van der Waals surface area (Å²) in [6.07, 6.45) is 3.95. The molecule has 1 saturated heterocycles. The highest BCUT2D eigenvalue weighted by Gasteiger charge is 2.29. The Morgan fingerprint density at radius 1 is 1.33 bits per heavy atom. The number of piperidine rings is 1. The number of carbonyl (C=O) groups excluding carboxylic acids is 1. The number of nitrogens with one attached hydrogen (secondary N) is 1. The van der Waals surface area contributed by atoms with Crippen molar-refractivity contribution in [3.8, 4) is 0 Å². The molecule has 0 aliphatic carbocycles. The third-order valence-corrected chi connectivity index (χ3v) is 5.35. The van der Waals surface area contributed by atoms with Crippen LogP contribution in [0.5, 0.6) is 0 Å². The van der Waals surface area contributed by atoms with Crippen LogP contribution in [0.3, 0.4) is 0 Å². The highest BCUT2D eigenvalue weighted by Crippen LogP contribution is 2.22. The molecule has 0 atom stereocenters. The molecular weight excluding hydrogens is 292 g/mol. The lowest BCUT2D eigenvalue weighted by Crippen LogP contribution is -2.44. The Balaban J connectivity index is 2.38. The van der Waals surface area contributed by atoms with E-state index in [0.717, 1.165) is 12.8 Å². The van der Waals surface area contributed by atoms with Gasteiger partial charge in [0, 0.05) is 32.2 Å². The van der Waals surface area contributed by atoms with Crippen LogP contribution < -0.4 is 5.32 Å². The summed E-state index contributed by atoms with van der Waals surface area (Å²) >= 11 is 0. The Kier molecular flexibility index (Phi) is 6.62. The van der Waals surface area contributed by atoms with Crippen LogP contribution in [0.15, 0.2) is 0 Å². The van der Waals surface area contributed by atoms with Crippen LogP contribution in [-0.4, -0.2) is 56.2 Å². The van der Waals surface area contributed by atoms with Gasteiger partial charge in [-0.3, -0.25) is 4.79 Å². The van der Waals surface area contributed by atoms with Gasteiger partial charge < -0.3 is 10.4 Å². The zero-order valence-electron chi connectivity index (χ0n) is 13.3. The Hall–Kier alpha value is -0.660. The smallest absolute Gasteiger partial charge is 0.223 e. The van der Waals surface area contributed by atoms with Gasteiger partial charge >= 0.3 is 0 Å². The van der Waals surface area contributed by atoms with Gasteiger partial charge in [0.15, 0.2) is 0 Å². The maximum atomic E-state index is 12.1. The number of aliphatic hydroxyl groups excluding tert-OH is 1. The number of aliphatic hydroxyl groups is 1. The molecule has 0 bridgehead atoms. The minimum Gasteiger partial charge on any atom is -0.396 e. The van der Waals surface area contributed by atoms with Crippen molar-refractivity contribution in [3.05, 3.63) is 0 Å². The van der Waals surface area contributed by atoms with Crippen LogP contribution in [-0.2, 0) is 14.8 Å². The Morgan fingerprint density at radius 2 is 1.90 bits per heavy atom. The second-order valence-corrected chi connectivity index (χ2v) is 8.63. The summed E-state index contributed by atoms with van der Waals surface area (Å²) in [5.74, 6) is -0.0862. The fourth-order valence-corrected chi connectivity index (χ4v) is 3.44. The van der Waals surface area contributed by atoms with Crippen molar-refractivity contribution >= 4 is 15.9 Å². The van der Waals surface area contributed by atoms with Crippen molar-refractivity contribution in [3.63, 3.8) is 0 Å². The predicted molar refractivity (Wildman–Crippen MR) is 82.3 cm³/mol. The number of hydrogen-bond donors (Lipinski definition) is 2. The Bertz CT molecular complexity index is 440. The molecule has 1 heterocycles. The minimum absolute atomic E-state index is 0.0141. The van der Waals surface area contributed by atoms with Crippen LogP contribution in [0.2, 0.25) is 0 Å². The number of hydrogen-bond acceptors (Lipinski definition) is 4. The number of nitrogens with zero attached hydrogens (tertiary/aromatic N) is 1. The summed E-state index contributed by atoms with van der Waals surface area (Å²) in [6, 6.07) is 0. The molecule has 0 aromatic heterocycles. The molecular formula is C14H28N2O4S. The minimum atomic E-state index is -3.14. The lowest BCUT2D eigenvalue weighted by atomic mass is 9.87. The first-order chi connectivity index (χ1) is 9.65. The van der Waals surface area contributed by atoms with Gasteiger partial charge in [-0.1, -0.05) is 13.8 Å². The van der Waals surface area contributed by atoms with Gasteiger partial charge in [-0.2, -0.15) is 0 Å². The summed E-state index contributed by atoms with van der Waals surface area (Å²) in [4.78, 5) is 12.1. The van der Waals surface area contributed by atoms with Crippen LogP contribution in [0, 0.1) is 11.3 Å². The highest BCUT2D eigenvalue weighted by atomic mass is 32.2. The average Bonchev–Trinajstić information content (AvgIpc) is 2.42. The second-order valence-electron chi connectivity index (χ2n) is 6.65. The molecule has 1 aliphatic heterocycles. The van der Waals surface area contributed by atoms with E-state index in [-0.39, 0.29) is 23.8 Å². The fraction of sp³-hybridized carbons (Fsp3) is 0.929. The van der Waals surface area contributed by atoms with E-state index in [1.807, 2.05) is 0 Å². The van der Waals surface area contributed by atoms with Crippen molar-refractivity contribution in [1.82, 2.24) is 9.62 Å². The fourth-order valence-electron chi connectivity index (χ4n) is 2.57. The molecule has 0 aromatic carbocycles. The molecule has 0 unspecified atom stereocenters. The van der Waals surface area contributed by atoms with E-state index < -0.39 is 10.0 Å². The molecule has 7 heteroatoms. The van der Waals surface area contributed by atoms with Gasteiger partial charge in [-0.25, -0.2) is 12.7 Å². The first-order valence-corrected chi connectivity index (χ1v) is 9.34. The number of amides is 1. The zero-order chi connectivity index (χ0) is 16.1. The number of sulfonamides is 1. The maximum absolute atomic E-state index is 12.1. The van der Waals surface area contributed by atoms with E-state index in [9.17, 15) is 13.2 Å². The molecule has 1 aliphatic rings. The third kappa shape index (κ3) is 6.32. The van der Waals surface area contributed by atoms with Crippen LogP contribution in [0.1, 0.15) is 39.5 Å². The van der Waals surface area contributed by atoms with E-state index in [2.05, 4.69) is 19.2 Å². The van der Waals surface area contributed by atoms with Crippen molar-refractivity contribution in [1.29, 1.82) is 0 Å². The lowest BCUT2D eigenvalue weighted by Gasteiger charge is -2.31. The maximum Gasteiger partial charge on any atom is 0.223 e. The van der Waals surface area contributed by atoms with Gasteiger partial charge in [0.1, 0.15) is 0 Å². The number of rotatable bonds is 7. The molecule has 1 amide bonds. The summed E-state index contributed by atoms with van der Waals surface area (Å²) in [6.45, 7) is 5.72. The zero-order valence-corrected chi connectivity index (χ0v) is 14.1. The summed E-state index contributed by atoms with van der Waals surface area (Å²) in [7, 11) is -3.14. The van der Waals surface area contributed by atoms with E-state index >= 15 is 0 Å². The molecule has 0 radical (unpaired) electrons. The molecule has 21 heavy (non-hydrogen) atoms. The van der Waals surface area contributed by atoms with E-state index in [1.165, 1.54) is 10.6 Å². The normalized spacial score (nSPS) is 18.7. The molecule has 2 N–H and O–H groups in total. The van der Waals surface area contributed by atoms with Gasteiger partial charge in [-0.05, 0) is 31.1 Å². The second kappa shape index (κ2) is 7.56. The third-order valence-electron chi connectivity index (χ3n) is 4.05. The van der Waals surface area contributed by atoms with E-state index in [4.69, 9.17) is 5.11 Å². The summed E-state index contributed by atoms with van der Waals surface area (Å²) in [5.41, 5.74) is -0.0359. The van der Waals surface area contributed by atoms with Crippen molar-refractivity contribution < 1.29 is 18.3 Å². The van der Waals surface area contributed by atoms with Crippen molar-refractivity contribution in [2.75, 3.05) is 32.5 Å². The molecule has 1 rings (SSSR count). The van der Waals surface area contributed by atoms with Crippen LogP contribution >= 0.6 is 0 Å². The van der Waals surface area contributed by atoms with Crippen molar-refractivity contribution in [2.24, 2.45) is 11.3 Å². The first kappa shape index (κ1) is 18.4. The summed E-state index contributed by atoms with van der Waals surface area (Å²) < 4.78 is 24.3. The van der Waals surface area contributed by atoms with E-state index in [1.54, 1.807) is 0 Å². The quantitative estimate of drug-likeness (QED) is 0.718. The highest BCUT2D eigenvalue weighted by molar-refractivity contribution is 7.88. The van der Waals surface area contributed by atoms with Crippen molar-refractivity contribution in [2.45, 2.75) is 39.5 Å². The molecule has 0 spiro atoms. The topological polar surface area (TPSA) is 86.7 Å². The molecule has 0 aromatic rings. The Labute approximate surface area is 128 Å². The molecule has 1 fully saturated rings. The standard InChI is InChI=1S/C14H28N2O4S/c1-14(2,7-4-10-17)11-15-13(18)12-5-8-16(9-6-12)21(3,19)20/h12,17H,4-11H2,1-3H3,(H,15,18). The monoisotopic (exact) mass is 320 g/mol. The van der Waals surface area contributed by atoms with Gasteiger partial charge in [0.25, 0.3) is 0 Å². The number of carbonyl (C=O) groups is 1. The predicted octanol–water partition coefficient (Wildman–Crippen LogP) is 0.573.